The van der Waals surface area contributed by atoms with Crippen molar-refractivity contribution < 1.29 is 14.7 Å². The first kappa shape index (κ1) is 11.3. The molecular weight excluding hydrogens is 218 g/mol. The van der Waals surface area contributed by atoms with Gasteiger partial charge in [-0.05, 0) is 13.8 Å². The van der Waals surface area contributed by atoms with Crippen molar-refractivity contribution in [2.24, 2.45) is 0 Å². The van der Waals surface area contributed by atoms with E-state index in [1.54, 1.807) is 0 Å². The molecule has 0 atom stereocenters. The van der Waals surface area contributed by atoms with Gasteiger partial charge < -0.3 is 10.4 Å². The summed E-state index contributed by atoms with van der Waals surface area (Å²) in [6, 6.07) is 0. The molecule has 1 heterocycles. The Balaban J connectivity index is 2.78. The van der Waals surface area contributed by atoms with Crippen LogP contribution in [0.1, 0.15) is 13.8 Å². The molecule has 0 fully saturated rings. The number of amides is 1. The molecule has 7 heteroatoms. The molecule has 15 heavy (non-hydrogen) atoms. The molecule has 80 valence electrons. The molecular formula is C8H9N3O3S. The molecule has 2 N–H and O–H groups in total. The lowest BCUT2D eigenvalue weighted by Crippen LogP contribution is -2.15. The van der Waals surface area contributed by atoms with Crippen LogP contribution in [0.15, 0.2) is 17.3 Å². The normalized spacial score (nSPS) is 11.9. The van der Waals surface area contributed by atoms with Crippen molar-refractivity contribution in [3.8, 4) is 0 Å². The van der Waals surface area contributed by atoms with Gasteiger partial charge in [0, 0.05) is 22.7 Å². The van der Waals surface area contributed by atoms with Crippen LogP contribution in [-0.2, 0) is 9.59 Å². The fourth-order valence-electron chi connectivity index (χ4n) is 0.759. The first-order valence-corrected chi connectivity index (χ1v) is 4.79. The highest BCUT2D eigenvalue weighted by atomic mass is 32.1. The third-order valence-corrected chi connectivity index (χ3v) is 2.40. The quantitative estimate of drug-likeness (QED) is 0.748. The van der Waals surface area contributed by atoms with Gasteiger partial charge in [-0.25, -0.2) is 4.79 Å². The molecule has 0 aliphatic heterocycles. The maximum Gasteiger partial charge on any atom is 0.331 e. The van der Waals surface area contributed by atoms with Crippen LogP contribution in [0.3, 0.4) is 0 Å². The zero-order valence-electron chi connectivity index (χ0n) is 8.14. The van der Waals surface area contributed by atoms with E-state index < -0.39 is 11.9 Å². The van der Waals surface area contributed by atoms with E-state index >= 15 is 0 Å². The number of nitrogens with zero attached hydrogens (tertiary/aromatic N) is 2. The van der Waals surface area contributed by atoms with E-state index in [2.05, 4.69) is 14.9 Å². The summed E-state index contributed by atoms with van der Waals surface area (Å²) in [5, 5.41) is 15.2. The van der Waals surface area contributed by atoms with Crippen LogP contribution >= 0.6 is 11.5 Å². The lowest BCUT2D eigenvalue weighted by atomic mass is 10.1. The average Bonchev–Trinajstić information content (AvgIpc) is 2.67. The number of hydrogen-bond acceptors (Lipinski definition) is 5. The van der Waals surface area contributed by atoms with E-state index in [4.69, 9.17) is 5.11 Å². The highest BCUT2D eigenvalue weighted by Gasteiger charge is 2.13. The van der Waals surface area contributed by atoms with Gasteiger partial charge in [-0.3, -0.25) is 4.79 Å². The van der Waals surface area contributed by atoms with Gasteiger partial charge in [-0.2, -0.15) is 0 Å². The number of carbonyl (C=O) groups excluding carboxylic acids is 1. The Bertz CT molecular complexity index is 411. The molecule has 1 aromatic rings. The predicted molar refractivity (Wildman–Crippen MR) is 54.5 cm³/mol. The molecule has 0 aromatic carbocycles. The van der Waals surface area contributed by atoms with Crippen LogP contribution in [0.2, 0.25) is 0 Å². The van der Waals surface area contributed by atoms with Crippen molar-refractivity contribution in [3.63, 3.8) is 0 Å². The largest absolute Gasteiger partial charge is 0.478 e. The molecule has 1 amide bonds. The Kier molecular flexibility index (Phi) is 3.51. The highest BCUT2D eigenvalue weighted by Crippen LogP contribution is 2.12. The van der Waals surface area contributed by atoms with Gasteiger partial charge in [0.1, 0.15) is 5.00 Å². The highest BCUT2D eigenvalue weighted by molar-refractivity contribution is 7.10. The van der Waals surface area contributed by atoms with Gasteiger partial charge in [-0.1, -0.05) is 4.49 Å². The summed E-state index contributed by atoms with van der Waals surface area (Å²) in [7, 11) is 0. The van der Waals surface area contributed by atoms with Gasteiger partial charge in [-0.15, -0.1) is 5.10 Å². The molecule has 1 aromatic heterocycles. The summed E-state index contributed by atoms with van der Waals surface area (Å²) in [6.45, 7) is 2.83. The number of carboxylic acids is 1. The molecule has 0 radical (unpaired) electrons. The van der Waals surface area contributed by atoms with Crippen molar-refractivity contribution in [2.45, 2.75) is 13.8 Å². The maximum absolute atomic E-state index is 11.5. The van der Waals surface area contributed by atoms with Gasteiger partial charge in [0.2, 0.25) is 0 Å². The van der Waals surface area contributed by atoms with Gasteiger partial charge in [0.25, 0.3) is 5.91 Å². The Morgan fingerprint density at radius 2 is 2.07 bits per heavy atom. The van der Waals surface area contributed by atoms with Crippen molar-refractivity contribution in [1.82, 2.24) is 9.59 Å². The third kappa shape index (κ3) is 2.84. The van der Waals surface area contributed by atoms with Crippen molar-refractivity contribution >= 4 is 28.4 Å². The molecule has 0 spiro atoms. The van der Waals surface area contributed by atoms with Crippen molar-refractivity contribution in [1.29, 1.82) is 0 Å². The number of aromatic nitrogens is 2. The number of nitrogens with one attached hydrogen (secondary N) is 1. The van der Waals surface area contributed by atoms with E-state index in [1.807, 2.05) is 0 Å². The summed E-state index contributed by atoms with van der Waals surface area (Å²) in [5.41, 5.74) is 0.181. The van der Waals surface area contributed by atoms with Gasteiger partial charge >= 0.3 is 5.97 Å². The maximum atomic E-state index is 11.5. The van der Waals surface area contributed by atoms with Crippen molar-refractivity contribution in [3.05, 3.63) is 17.3 Å². The van der Waals surface area contributed by atoms with Gasteiger partial charge in [0.15, 0.2) is 0 Å². The second-order valence-corrected chi connectivity index (χ2v) is 3.58. The van der Waals surface area contributed by atoms with E-state index in [9.17, 15) is 9.59 Å². The first-order chi connectivity index (χ1) is 7.02. The number of aliphatic carboxylic acids is 1. The number of rotatable bonds is 3. The lowest BCUT2D eigenvalue weighted by molar-refractivity contribution is -0.133. The number of anilines is 1. The predicted octanol–water partition coefficient (Wildman–Crippen LogP) is 0.898. The summed E-state index contributed by atoms with van der Waals surface area (Å²) in [5.74, 6) is -1.56. The van der Waals surface area contributed by atoms with Gasteiger partial charge in [0.05, 0.1) is 6.20 Å². The average molecular weight is 227 g/mol. The fraction of sp³-hybridized carbons (Fsp3) is 0.250. The minimum Gasteiger partial charge on any atom is -0.478 e. The van der Waals surface area contributed by atoms with E-state index in [-0.39, 0.29) is 11.1 Å². The molecule has 0 saturated heterocycles. The first-order valence-electron chi connectivity index (χ1n) is 4.02. The smallest absolute Gasteiger partial charge is 0.331 e. The van der Waals surface area contributed by atoms with Crippen LogP contribution in [0, 0.1) is 0 Å². The van der Waals surface area contributed by atoms with Crippen LogP contribution in [0.25, 0.3) is 0 Å². The standard InChI is InChI=1S/C8H9N3O3S/c1-4(5(2)8(13)14)7(12)10-6-3-9-11-15-6/h3H,1-2H3,(H,10,12)(H,13,14). The van der Waals surface area contributed by atoms with Crippen LogP contribution < -0.4 is 5.32 Å². The zero-order chi connectivity index (χ0) is 11.4. The Labute approximate surface area is 89.8 Å². The minimum atomic E-state index is -1.11. The molecule has 0 bridgehead atoms. The van der Waals surface area contributed by atoms with E-state index in [0.29, 0.717) is 5.00 Å². The SMILES string of the molecule is CC(C(=O)O)=C(C)C(=O)Nc1cnns1. The molecule has 6 nitrogen and oxygen atoms in total. The second-order valence-electron chi connectivity index (χ2n) is 2.79. The molecule has 0 aliphatic carbocycles. The Morgan fingerprint density at radius 1 is 1.40 bits per heavy atom. The molecule has 1 rings (SSSR count). The van der Waals surface area contributed by atoms with E-state index in [1.165, 1.54) is 20.0 Å². The summed E-state index contributed by atoms with van der Waals surface area (Å²) in [6.07, 6.45) is 1.39. The molecule has 0 unspecified atom stereocenters. The summed E-state index contributed by atoms with van der Waals surface area (Å²) < 4.78 is 3.56. The Hall–Kier alpha value is -1.76. The number of hydrogen-bond donors (Lipinski definition) is 2. The van der Waals surface area contributed by atoms with Crippen LogP contribution in [0.4, 0.5) is 5.00 Å². The van der Waals surface area contributed by atoms with Crippen molar-refractivity contribution in [2.75, 3.05) is 5.32 Å². The Morgan fingerprint density at radius 3 is 2.53 bits per heavy atom. The van der Waals surface area contributed by atoms with E-state index in [0.717, 1.165) is 11.5 Å². The second kappa shape index (κ2) is 4.65. The molecule has 0 aliphatic rings. The zero-order valence-corrected chi connectivity index (χ0v) is 8.96. The topological polar surface area (TPSA) is 92.2 Å². The summed E-state index contributed by atoms with van der Waals surface area (Å²) in [4.78, 5) is 22.1. The lowest BCUT2D eigenvalue weighted by Gasteiger charge is -2.03. The molecule has 0 saturated carbocycles. The summed E-state index contributed by atoms with van der Waals surface area (Å²) >= 11 is 1.03. The monoisotopic (exact) mass is 227 g/mol. The van der Waals surface area contributed by atoms with Crippen LogP contribution in [-0.4, -0.2) is 26.6 Å². The van der Waals surface area contributed by atoms with Crippen LogP contribution in [0.5, 0.6) is 0 Å². The number of carbonyl (C=O) groups is 2. The third-order valence-electron chi connectivity index (χ3n) is 1.82. The fourth-order valence-corrected chi connectivity index (χ4v) is 1.17. The minimum absolute atomic E-state index is 0.0185. The number of carboxylic acid groups (broad SMARTS) is 1.